The largest absolute Gasteiger partial charge is 0.480 e. The summed E-state index contributed by atoms with van der Waals surface area (Å²) >= 11 is 1.48. The van der Waals surface area contributed by atoms with Gasteiger partial charge < -0.3 is 14.8 Å². The van der Waals surface area contributed by atoms with Gasteiger partial charge in [0.1, 0.15) is 5.54 Å². The standard InChI is InChI=1S/C12H19N3O3S/c1-3-6-13-12(10(16)17)5-4-9(7-12)19-11-15-14-8(2)18-11/h9,13H,3-7H2,1-2H3,(H,16,17). The van der Waals surface area contributed by atoms with Crippen LogP contribution in [0.4, 0.5) is 0 Å². The van der Waals surface area contributed by atoms with E-state index in [2.05, 4.69) is 15.5 Å². The minimum atomic E-state index is -0.789. The van der Waals surface area contributed by atoms with Gasteiger partial charge in [-0.2, -0.15) is 0 Å². The first kappa shape index (κ1) is 14.3. The number of nitrogens with one attached hydrogen (secondary N) is 1. The van der Waals surface area contributed by atoms with Gasteiger partial charge in [-0.25, -0.2) is 0 Å². The molecule has 0 spiro atoms. The normalized spacial score (nSPS) is 26.7. The lowest BCUT2D eigenvalue weighted by atomic mass is 9.98. The molecule has 2 rings (SSSR count). The first-order valence-corrected chi connectivity index (χ1v) is 7.39. The topological polar surface area (TPSA) is 88.2 Å². The van der Waals surface area contributed by atoms with Crippen LogP contribution in [0.3, 0.4) is 0 Å². The van der Waals surface area contributed by atoms with E-state index in [1.165, 1.54) is 11.8 Å². The molecule has 0 radical (unpaired) electrons. The fourth-order valence-corrected chi connectivity index (χ4v) is 3.51. The number of thioether (sulfide) groups is 1. The van der Waals surface area contributed by atoms with E-state index in [9.17, 15) is 9.90 Å². The molecule has 1 saturated carbocycles. The average Bonchev–Trinajstić information content (AvgIpc) is 2.95. The van der Waals surface area contributed by atoms with Gasteiger partial charge in [-0.3, -0.25) is 4.79 Å². The summed E-state index contributed by atoms with van der Waals surface area (Å²) in [7, 11) is 0. The van der Waals surface area contributed by atoms with Crippen LogP contribution in [0.5, 0.6) is 0 Å². The highest BCUT2D eigenvalue weighted by Gasteiger charge is 2.45. The zero-order valence-corrected chi connectivity index (χ0v) is 12.0. The number of hydrogen-bond donors (Lipinski definition) is 2. The second-order valence-corrected chi connectivity index (χ2v) is 6.14. The maximum atomic E-state index is 11.5. The molecule has 0 aromatic carbocycles. The number of aromatic nitrogens is 2. The van der Waals surface area contributed by atoms with Gasteiger partial charge in [-0.1, -0.05) is 18.7 Å². The van der Waals surface area contributed by atoms with E-state index >= 15 is 0 Å². The van der Waals surface area contributed by atoms with Crippen molar-refractivity contribution in [2.24, 2.45) is 0 Å². The van der Waals surface area contributed by atoms with E-state index in [-0.39, 0.29) is 5.25 Å². The summed E-state index contributed by atoms with van der Waals surface area (Å²) in [5.41, 5.74) is -0.789. The predicted molar refractivity (Wildman–Crippen MR) is 71.2 cm³/mol. The highest BCUT2D eigenvalue weighted by Crippen LogP contribution is 2.40. The fraction of sp³-hybridized carbons (Fsp3) is 0.750. The lowest BCUT2D eigenvalue weighted by Gasteiger charge is -2.25. The Morgan fingerprint density at radius 3 is 3.00 bits per heavy atom. The van der Waals surface area contributed by atoms with Crippen molar-refractivity contribution in [2.75, 3.05) is 6.54 Å². The van der Waals surface area contributed by atoms with Crippen LogP contribution in [-0.2, 0) is 4.79 Å². The molecule has 0 bridgehead atoms. The van der Waals surface area contributed by atoms with Crippen molar-refractivity contribution < 1.29 is 14.3 Å². The van der Waals surface area contributed by atoms with E-state index in [4.69, 9.17) is 4.42 Å². The third kappa shape index (κ3) is 3.27. The van der Waals surface area contributed by atoms with Gasteiger partial charge in [-0.15, -0.1) is 10.2 Å². The molecule has 2 atom stereocenters. The Labute approximate surface area is 116 Å². The maximum Gasteiger partial charge on any atom is 0.323 e. The molecule has 1 heterocycles. The van der Waals surface area contributed by atoms with Crippen LogP contribution in [0.25, 0.3) is 0 Å². The van der Waals surface area contributed by atoms with Crippen LogP contribution in [0.15, 0.2) is 9.64 Å². The lowest BCUT2D eigenvalue weighted by molar-refractivity contribution is -0.144. The molecule has 0 aliphatic heterocycles. The molecule has 1 aliphatic carbocycles. The van der Waals surface area contributed by atoms with Gasteiger partial charge in [0.25, 0.3) is 5.22 Å². The summed E-state index contributed by atoms with van der Waals surface area (Å²) in [4.78, 5) is 11.5. The van der Waals surface area contributed by atoms with E-state index in [1.54, 1.807) is 6.92 Å². The van der Waals surface area contributed by atoms with Gasteiger partial charge >= 0.3 is 5.97 Å². The highest BCUT2D eigenvalue weighted by atomic mass is 32.2. The van der Waals surface area contributed by atoms with Crippen molar-refractivity contribution in [1.82, 2.24) is 15.5 Å². The number of rotatable bonds is 6. The van der Waals surface area contributed by atoms with E-state index in [0.717, 1.165) is 19.4 Å². The first-order chi connectivity index (χ1) is 9.05. The summed E-state index contributed by atoms with van der Waals surface area (Å²) in [6.07, 6.45) is 3.01. The predicted octanol–water partition coefficient (Wildman–Crippen LogP) is 1.85. The second-order valence-electron chi connectivity index (χ2n) is 4.88. The van der Waals surface area contributed by atoms with E-state index in [0.29, 0.717) is 24.0 Å². The Morgan fingerprint density at radius 1 is 1.63 bits per heavy atom. The third-order valence-corrected chi connectivity index (χ3v) is 4.47. The molecule has 6 nitrogen and oxygen atoms in total. The molecule has 1 aliphatic rings. The van der Waals surface area contributed by atoms with Gasteiger partial charge in [0, 0.05) is 12.2 Å². The van der Waals surface area contributed by atoms with Crippen LogP contribution in [0, 0.1) is 6.92 Å². The summed E-state index contributed by atoms with van der Waals surface area (Å²) in [5, 5.41) is 21.1. The number of carbonyl (C=O) groups is 1. The monoisotopic (exact) mass is 285 g/mol. The van der Waals surface area contributed by atoms with Gasteiger partial charge in [0.15, 0.2) is 0 Å². The van der Waals surface area contributed by atoms with Crippen molar-refractivity contribution in [3.63, 3.8) is 0 Å². The number of hydrogen-bond acceptors (Lipinski definition) is 6. The van der Waals surface area contributed by atoms with Crippen LogP contribution >= 0.6 is 11.8 Å². The van der Waals surface area contributed by atoms with Gasteiger partial charge in [-0.05, 0) is 32.2 Å². The first-order valence-electron chi connectivity index (χ1n) is 6.51. The summed E-state index contributed by atoms with van der Waals surface area (Å²) in [5.74, 6) is -0.222. The van der Waals surface area contributed by atoms with Crippen LogP contribution in [0.1, 0.15) is 38.5 Å². The minimum Gasteiger partial charge on any atom is -0.480 e. The smallest absolute Gasteiger partial charge is 0.323 e. The van der Waals surface area contributed by atoms with Crippen molar-refractivity contribution in [2.45, 2.75) is 55.5 Å². The molecule has 2 N–H and O–H groups in total. The molecule has 1 aromatic rings. The quantitative estimate of drug-likeness (QED) is 0.824. The molecule has 0 amide bonds. The lowest BCUT2D eigenvalue weighted by Crippen LogP contribution is -2.50. The van der Waals surface area contributed by atoms with Crippen LogP contribution < -0.4 is 5.32 Å². The molecule has 0 saturated heterocycles. The minimum absolute atomic E-state index is 0.209. The molecule has 106 valence electrons. The Hall–Kier alpha value is -1.08. The molecule has 1 aromatic heterocycles. The zero-order chi connectivity index (χ0) is 13.9. The summed E-state index contributed by atoms with van der Waals surface area (Å²) in [6, 6.07) is 0. The Balaban J connectivity index is 1.98. The molecular formula is C12H19N3O3S. The Kier molecular flexibility index (Phi) is 4.46. The number of aryl methyl sites for hydroxylation is 1. The molecule has 2 unspecified atom stereocenters. The summed E-state index contributed by atoms with van der Waals surface area (Å²) < 4.78 is 5.33. The van der Waals surface area contributed by atoms with Gasteiger partial charge in [0.2, 0.25) is 5.89 Å². The van der Waals surface area contributed by atoms with E-state index < -0.39 is 11.5 Å². The van der Waals surface area contributed by atoms with Gasteiger partial charge in [0.05, 0.1) is 0 Å². The van der Waals surface area contributed by atoms with Crippen LogP contribution in [-0.4, -0.2) is 38.6 Å². The highest BCUT2D eigenvalue weighted by molar-refractivity contribution is 7.99. The average molecular weight is 285 g/mol. The number of carboxylic acids is 1. The van der Waals surface area contributed by atoms with Crippen LogP contribution in [0.2, 0.25) is 0 Å². The third-order valence-electron chi connectivity index (χ3n) is 3.37. The molecular weight excluding hydrogens is 266 g/mol. The Morgan fingerprint density at radius 2 is 2.42 bits per heavy atom. The van der Waals surface area contributed by atoms with Crippen molar-refractivity contribution >= 4 is 17.7 Å². The maximum absolute atomic E-state index is 11.5. The summed E-state index contributed by atoms with van der Waals surface area (Å²) in [6.45, 7) is 4.50. The number of carboxylic acid groups (broad SMARTS) is 1. The number of aliphatic carboxylic acids is 1. The number of nitrogens with zero attached hydrogens (tertiary/aromatic N) is 2. The second kappa shape index (κ2) is 5.92. The SMILES string of the molecule is CCCNC1(C(=O)O)CCC(Sc2nnc(C)o2)C1. The molecule has 1 fully saturated rings. The van der Waals surface area contributed by atoms with Crippen molar-refractivity contribution in [3.05, 3.63) is 5.89 Å². The Bertz CT molecular complexity index is 451. The molecule has 7 heteroatoms. The van der Waals surface area contributed by atoms with Crippen molar-refractivity contribution in [1.29, 1.82) is 0 Å². The van der Waals surface area contributed by atoms with E-state index in [1.807, 2.05) is 6.92 Å². The molecule has 19 heavy (non-hydrogen) atoms. The van der Waals surface area contributed by atoms with Crippen molar-refractivity contribution in [3.8, 4) is 0 Å². The fourth-order valence-electron chi connectivity index (χ4n) is 2.36. The zero-order valence-electron chi connectivity index (χ0n) is 11.2.